The average molecular weight is 379 g/mol. The Bertz CT molecular complexity index is 274. The Hall–Kier alpha value is -0.160. The first kappa shape index (κ1) is 30.6. The lowest BCUT2D eigenvalue weighted by molar-refractivity contribution is 0.0336. The van der Waals surface area contributed by atoms with Gasteiger partial charge in [-0.1, -0.05) is 62.3 Å². The van der Waals surface area contributed by atoms with Crippen molar-refractivity contribution >= 4 is 0 Å². The number of aliphatic hydroxyl groups excluding tert-OH is 4. The molecule has 0 aliphatic carbocycles. The van der Waals surface area contributed by atoms with Crippen LogP contribution in [0, 0.1) is 28.6 Å². The molecule has 162 valence electrons. The van der Waals surface area contributed by atoms with Crippen molar-refractivity contribution in [3.8, 4) is 0 Å². The minimum Gasteiger partial charge on any atom is -0.396 e. The summed E-state index contributed by atoms with van der Waals surface area (Å²) in [6.45, 7) is 19.8. The molecule has 0 fully saturated rings. The Kier molecular flexibility index (Phi) is 20.0. The molecular formula is C22H50O4. The molecule has 0 unspecified atom stereocenters. The molecule has 0 aromatic heterocycles. The zero-order valence-corrected chi connectivity index (χ0v) is 19.2. The standard InChI is InChI=1S/C9H20O2.C8H18O.C5H12O/c1-4-9(6-10,7-11)5-8(2)3;1-7(2)5-8(3,4)6-9;1-5(2)3-4-6/h8,10-11H,4-7H2,1-3H3;7,9H,5-6H2,1-4H3;5-6H,3-4H2,1-2H3. The molecule has 0 spiro atoms. The van der Waals surface area contributed by atoms with Crippen LogP contribution in [0.5, 0.6) is 0 Å². The van der Waals surface area contributed by atoms with Crippen LogP contribution in [-0.4, -0.2) is 46.9 Å². The third-order valence-corrected chi connectivity index (χ3v) is 4.36. The van der Waals surface area contributed by atoms with E-state index in [4.69, 9.17) is 20.4 Å². The van der Waals surface area contributed by atoms with Crippen LogP contribution in [0.15, 0.2) is 0 Å². The van der Waals surface area contributed by atoms with Gasteiger partial charge in [-0.3, -0.25) is 0 Å². The van der Waals surface area contributed by atoms with Gasteiger partial charge < -0.3 is 20.4 Å². The molecule has 0 rings (SSSR count). The number of hydrogen-bond donors (Lipinski definition) is 4. The van der Waals surface area contributed by atoms with Crippen molar-refractivity contribution in [2.45, 2.75) is 88.0 Å². The molecule has 0 atom stereocenters. The van der Waals surface area contributed by atoms with E-state index in [1.165, 1.54) is 0 Å². The van der Waals surface area contributed by atoms with Crippen molar-refractivity contribution < 1.29 is 20.4 Å². The van der Waals surface area contributed by atoms with Crippen LogP contribution in [0.3, 0.4) is 0 Å². The molecule has 4 N–H and O–H groups in total. The van der Waals surface area contributed by atoms with E-state index in [9.17, 15) is 0 Å². The van der Waals surface area contributed by atoms with E-state index in [0.717, 1.165) is 25.7 Å². The zero-order chi connectivity index (χ0) is 21.4. The van der Waals surface area contributed by atoms with Gasteiger partial charge in [-0.25, -0.2) is 0 Å². The molecule has 4 nitrogen and oxygen atoms in total. The van der Waals surface area contributed by atoms with Gasteiger partial charge in [0.2, 0.25) is 0 Å². The van der Waals surface area contributed by atoms with Gasteiger partial charge in [-0.2, -0.15) is 0 Å². The lowest BCUT2D eigenvalue weighted by Gasteiger charge is -2.29. The largest absolute Gasteiger partial charge is 0.396 e. The van der Waals surface area contributed by atoms with Gasteiger partial charge in [0, 0.05) is 18.6 Å². The van der Waals surface area contributed by atoms with Crippen LogP contribution >= 0.6 is 0 Å². The molecule has 4 heteroatoms. The summed E-state index contributed by atoms with van der Waals surface area (Å²) in [5.74, 6) is 1.87. The highest BCUT2D eigenvalue weighted by Crippen LogP contribution is 2.28. The molecule has 0 radical (unpaired) electrons. The summed E-state index contributed by atoms with van der Waals surface area (Å²) < 4.78 is 0. The van der Waals surface area contributed by atoms with Crippen molar-refractivity contribution in [3.05, 3.63) is 0 Å². The maximum atomic E-state index is 9.07. The fraction of sp³-hybridized carbons (Fsp3) is 1.00. The maximum Gasteiger partial charge on any atom is 0.0509 e. The first-order valence-corrected chi connectivity index (χ1v) is 10.3. The Balaban J connectivity index is -0.000000319. The van der Waals surface area contributed by atoms with E-state index in [1.807, 2.05) is 6.92 Å². The van der Waals surface area contributed by atoms with E-state index >= 15 is 0 Å². The highest BCUT2D eigenvalue weighted by molar-refractivity contribution is 4.77. The molecule has 0 amide bonds. The summed E-state index contributed by atoms with van der Waals surface area (Å²) in [7, 11) is 0. The van der Waals surface area contributed by atoms with Gasteiger partial charge >= 0.3 is 0 Å². The summed E-state index contributed by atoms with van der Waals surface area (Å²) in [6, 6.07) is 0. The predicted molar refractivity (Wildman–Crippen MR) is 113 cm³/mol. The van der Waals surface area contributed by atoms with Gasteiger partial charge in [0.25, 0.3) is 0 Å². The van der Waals surface area contributed by atoms with Crippen LogP contribution in [0.1, 0.15) is 88.0 Å². The number of hydrogen-bond acceptors (Lipinski definition) is 4. The SMILES string of the molecule is CC(C)CC(C)(C)CO.CC(C)CCO.CCC(CO)(CO)CC(C)C. The van der Waals surface area contributed by atoms with Crippen molar-refractivity contribution in [3.63, 3.8) is 0 Å². The van der Waals surface area contributed by atoms with Crippen LogP contribution in [0.2, 0.25) is 0 Å². The van der Waals surface area contributed by atoms with Crippen molar-refractivity contribution in [1.82, 2.24) is 0 Å². The Morgan fingerprint density at radius 2 is 1.08 bits per heavy atom. The van der Waals surface area contributed by atoms with Gasteiger partial charge in [-0.15, -0.1) is 0 Å². The first-order valence-electron chi connectivity index (χ1n) is 10.3. The molecular weight excluding hydrogens is 328 g/mol. The van der Waals surface area contributed by atoms with Gasteiger partial charge in [0.1, 0.15) is 0 Å². The first-order chi connectivity index (χ1) is 11.8. The maximum absolute atomic E-state index is 9.07. The highest BCUT2D eigenvalue weighted by Gasteiger charge is 2.27. The fourth-order valence-electron chi connectivity index (χ4n) is 2.84. The smallest absolute Gasteiger partial charge is 0.0509 e. The summed E-state index contributed by atoms with van der Waals surface area (Å²) in [5, 5.41) is 35.2. The third kappa shape index (κ3) is 20.2. The molecule has 0 aromatic rings. The van der Waals surface area contributed by atoms with E-state index in [1.54, 1.807) is 0 Å². The molecule has 0 heterocycles. The molecule has 0 bridgehead atoms. The lowest BCUT2D eigenvalue weighted by atomic mass is 9.79. The predicted octanol–water partition coefficient (Wildman–Crippen LogP) is 4.49. The molecule has 0 saturated heterocycles. The third-order valence-electron chi connectivity index (χ3n) is 4.36. The van der Waals surface area contributed by atoms with Crippen molar-refractivity contribution in [2.75, 3.05) is 26.4 Å². The van der Waals surface area contributed by atoms with Crippen molar-refractivity contribution in [2.24, 2.45) is 28.6 Å². The van der Waals surface area contributed by atoms with Crippen molar-refractivity contribution in [1.29, 1.82) is 0 Å². The summed E-state index contributed by atoms with van der Waals surface area (Å²) >= 11 is 0. The van der Waals surface area contributed by atoms with E-state index in [0.29, 0.717) is 31.0 Å². The Labute approximate surface area is 164 Å². The monoisotopic (exact) mass is 378 g/mol. The second kappa shape index (κ2) is 17.0. The number of rotatable bonds is 10. The zero-order valence-electron chi connectivity index (χ0n) is 19.2. The molecule has 26 heavy (non-hydrogen) atoms. The highest BCUT2D eigenvalue weighted by atomic mass is 16.3. The lowest BCUT2D eigenvalue weighted by Crippen LogP contribution is -2.30. The van der Waals surface area contributed by atoms with E-state index < -0.39 is 0 Å². The summed E-state index contributed by atoms with van der Waals surface area (Å²) in [6.07, 6.45) is 3.78. The van der Waals surface area contributed by atoms with Gasteiger partial charge in [0.05, 0.1) is 13.2 Å². The van der Waals surface area contributed by atoms with Gasteiger partial charge in [-0.05, 0) is 48.9 Å². The molecule has 0 aliphatic rings. The van der Waals surface area contributed by atoms with E-state index in [-0.39, 0.29) is 24.0 Å². The normalized spacial score (nSPS) is 12.0. The Morgan fingerprint density at radius 1 is 0.654 bits per heavy atom. The minimum absolute atomic E-state index is 0.0954. The van der Waals surface area contributed by atoms with Crippen LogP contribution in [0.25, 0.3) is 0 Å². The number of aliphatic hydroxyl groups is 4. The van der Waals surface area contributed by atoms with Crippen LogP contribution < -0.4 is 0 Å². The minimum atomic E-state index is -0.242. The van der Waals surface area contributed by atoms with Crippen LogP contribution in [-0.2, 0) is 0 Å². The van der Waals surface area contributed by atoms with Gasteiger partial charge in [0.15, 0.2) is 0 Å². The average Bonchev–Trinajstić information content (AvgIpc) is 2.52. The second-order valence-corrected chi connectivity index (χ2v) is 9.59. The Morgan fingerprint density at radius 3 is 1.15 bits per heavy atom. The fourth-order valence-corrected chi connectivity index (χ4v) is 2.84. The summed E-state index contributed by atoms with van der Waals surface area (Å²) in [5.41, 5.74) is -0.123. The second-order valence-electron chi connectivity index (χ2n) is 9.59. The van der Waals surface area contributed by atoms with Crippen LogP contribution in [0.4, 0.5) is 0 Å². The molecule has 0 aliphatic heterocycles. The molecule has 0 aromatic carbocycles. The quantitative estimate of drug-likeness (QED) is 0.451. The topological polar surface area (TPSA) is 80.9 Å². The molecule has 0 saturated carbocycles. The van der Waals surface area contributed by atoms with E-state index in [2.05, 4.69) is 55.4 Å². The summed E-state index contributed by atoms with van der Waals surface area (Å²) in [4.78, 5) is 0.